The van der Waals surface area contributed by atoms with E-state index in [4.69, 9.17) is 4.74 Å². The van der Waals surface area contributed by atoms with Gasteiger partial charge in [-0.1, -0.05) is 12.8 Å². The summed E-state index contributed by atoms with van der Waals surface area (Å²) in [7, 11) is -3.34. The molecule has 9 nitrogen and oxygen atoms in total. The second-order valence-corrected chi connectivity index (χ2v) is 13.6. The highest BCUT2D eigenvalue weighted by molar-refractivity contribution is 7.93. The first-order valence-electron chi connectivity index (χ1n) is 13.0. The number of hydrogen-bond acceptors (Lipinski definition) is 7. The summed E-state index contributed by atoms with van der Waals surface area (Å²) >= 11 is 0. The van der Waals surface area contributed by atoms with Gasteiger partial charge in [0.1, 0.15) is 26.4 Å². The molecular formula is C27H32F4N4O5S. The number of benzene rings is 1. The number of carbonyl (C=O) groups excluding carboxylic acids is 2. The molecule has 14 heteroatoms. The molecule has 1 aliphatic carbocycles. The van der Waals surface area contributed by atoms with Crippen LogP contribution in [-0.4, -0.2) is 52.2 Å². The Balaban J connectivity index is 1.64. The van der Waals surface area contributed by atoms with Crippen molar-refractivity contribution in [3.8, 4) is 5.75 Å². The number of halogens is 4. The van der Waals surface area contributed by atoms with Crippen molar-refractivity contribution in [2.24, 2.45) is 9.78 Å². The van der Waals surface area contributed by atoms with E-state index in [2.05, 4.69) is 19.4 Å². The summed E-state index contributed by atoms with van der Waals surface area (Å²) in [5, 5.41) is 2.64. The summed E-state index contributed by atoms with van der Waals surface area (Å²) in [6, 6.07) is 3.74. The van der Waals surface area contributed by atoms with Crippen LogP contribution in [0.2, 0.25) is 0 Å². The van der Waals surface area contributed by atoms with Gasteiger partial charge in [-0.05, 0) is 69.7 Å². The van der Waals surface area contributed by atoms with Gasteiger partial charge >= 0.3 is 12.7 Å². The van der Waals surface area contributed by atoms with Crippen LogP contribution in [-0.2, 0) is 19.3 Å². The zero-order valence-electron chi connectivity index (χ0n) is 23.1. The van der Waals surface area contributed by atoms with E-state index in [1.54, 1.807) is 20.8 Å². The molecule has 1 N–H and O–H groups in total. The molecule has 1 aromatic heterocycles. The zero-order chi connectivity index (χ0) is 30.2. The van der Waals surface area contributed by atoms with Crippen LogP contribution in [0.25, 0.3) is 0 Å². The smallest absolute Gasteiger partial charge is 0.442 e. The first-order chi connectivity index (χ1) is 19.1. The molecule has 2 aliphatic rings. The van der Waals surface area contributed by atoms with Crippen molar-refractivity contribution in [1.82, 2.24) is 4.98 Å². The molecule has 1 saturated carbocycles. The molecule has 1 aromatic carbocycles. The van der Waals surface area contributed by atoms with Crippen LogP contribution in [0.4, 0.5) is 33.7 Å². The summed E-state index contributed by atoms with van der Waals surface area (Å²) in [6.45, 7) is 1.76. The van der Waals surface area contributed by atoms with Crippen LogP contribution < -0.4 is 15.0 Å². The fraction of sp³-hybridized carbons (Fsp3) is 0.519. The topological polar surface area (TPSA) is 110 Å². The Morgan fingerprint density at radius 2 is 1.88 bits per heavy atom. The molecule has 2 amide bonds. The number of alkyl halides is 2. The van der Waals surface area contributed by atoms with Crippen molar-refractivity contribution in [3.63, 3.8) is 0 Å². The summed E-state index contributed by atoms with van der Waals surface area (Å²) < 4.78 is 81.2. The summed E-state index contributed by atoms with van der Waals surface area (Å²) in [4.78, 5) is 31.3. The molecule has 1 aliphatic heterocycles. The quantitative estimate of drug-likeness (QED) is 0.397. The first-order valence-corrected chi connectivity index (χ1v) is 14.9. The van der Waals surface area contributed by atoms with Gasteiger partial charge in [0.25, 0.3) is 0 Å². The average Bonchev–Trinajstić information content (AvgIpc) is 3.47. The minimum atomic E-state index is -3.41. The Morgan fingerprint density at radius 3 is 2.51 bits per heavy atom. The molecule has 2 heterocycles. The van der Waals surface area contributed by atoms with Crippen LogP contribution in [0.1, 0.15) is 52.9 Å². The largest absolute Gasteiger partial charge is 0.442 e. The van der Waals surface area contributed by atoms with E-state index in [1.165, 1.54) is 29.5 Å². The SMILES string of the molecule is CC(C)(C)OC(=O)N=[S@](C)(=O)c1cc(NC(=O)C2CC3(CCCC3)CN2c2ccc(F)c(F)c2OC(F)F)ccn1. The van der Waals surface area contributed by atoms with Crippen LogP contribution in [0.3, 0.4) is 0 Å². The van der Waals surface area contributed by atoms with Crippen molar-refractivity contribution >= 4 is 33.1 Å². The zero-order valence-corrected chi connectivity index (χ0v) is 23.9. The van der Waals surface area contributed by atoms with Crippen LogP contribution in [0, 0.1) is 17.0 Å². The molecule has 0 radical (unpaired) electrons. The maximum Gasteiger partial charge on any atom is 0.442 e. The van der Waals surface area contributed by atoms with Crippen molar-refractivity contribution in [2.45, 2.75) is 76.2 Å². The van der Waals surface area contributed by atoms with Crippen LogP contribution in [0.15, 0.2) is 39.9 Å². The van der Waals surface area contributed by atoms with Crippen molar-refractivity contribution < 1.29 is 40.8 Å². The van der Waals surface area contributed by atoms with E-state index in [1.807, 2.05) is 0 Å². The standard InChI is InChI=1S/C27H32F4N4O5S/c1-26(2,3)40-25(37)34-41(4,38)20-13-16(9-12-32-20)33-23(36)19-14-27(10-5-6-11-27)15-35(19)18-8-7-17(28)21(29)22(18)39-24(30)31/h7-9,12-13,19,24H,5-6,10-11,14-15H2,1-4H3,(H,32,33,36)/t19?,41-/m1/s1. The number of amides is 2. The second-order valence-electron chi connectivity index (χ2n) is 11.4. The maximum atomic E-state index is 14.6. The number of anilines is 2. The number of carbonyl (C=O) groups is 2. The Kier molecular flexibility index (Phi) is 8.53. The Bertz CT molecular complexity index is 1450. The minimum absolute atomic E-state index is 0.0788. The second kappa shape index (κ2) is 11.5. The lowest BCUT2D eigenvalue weighted by Gasteiger charge is -2.28. The third-order valence-corrected chi connectivity index (χ3v) is 8.55. The molecule has 1 spiro atoms. The van der Waals surface area contributed by atoms with E-state index in [9.17, 15) is 31.4 Å². The number of hydrogen-bond donors (Lipinski definition) is 1. The normalized spacial score (nSPS) is 19.7. The third-order valence-electron chi connectivity index (χ3n) is 7.05. The van der Waals surface area contributed by atoms with Gasteiger partial charge in [-0.2, -0.15) is 13.2 Å². The minimum Gasteiger partial charge on any atom is -0.442 e. The molecule has 0 bridgehead atoms. The lowest BCUT2D eigenvalue weighted by atomic mass is 9.84. The molecule has 41 heavy (non-hydrogen) atoms. The van der Waals surface area contributed by atoms with E-state index >= 15 is 0 Å². The lowest BCUT2D eigenvalue weighted by molar-refractivity contribution is -0.117. The van der Waals surface area contributed by atoms with Gasteiger partial charge in [-0.15, -0.1) is 4.36 Å². The van der Waals surface area contributed by atoms with Crippen LogP contribution in [0.5, 0.6) is 5.75 Å². The molecular weight excluding hydrogens is 568 g/mol. The van der Waals surface area contributed by atoms with E-state index in [-0.39, 0.29) is 28.4 Å². The Morgan fingerprint density at radius 1 is 1.20 bits per heavy atom. The average molecular weight is 601 g/mol. The molecule has 4 rings (SSSR count). The number of ether oxygens (including phenoxy) is 2. The Hall–Kier alpha value is -3.42. The van der Waals surface area contributed by atoms with Crippen molar-refractivity contribution in [2.75, 3.05) is 23.0 Å². The number of pyridine rings is 1. The molecule has 2 atom stereocenters. The van der Waals surface area contributed by atoms with Gasteiger partial charge in [-0.3, -0.25) is 4.79 Å². The monoisotopic (exact) mass is 600 g/mol. The van der Waals surface area contributed by atoms with E-state index < -0.39 is 57.4 Å². The maximum absolute atomic E-state index is 14.6. The fourth-order valence-corrected chi connectivity index (χ4v) is 6.39. The molecule has 224 valence electrons. The molecule has 1 saturated heterocycles. The predicted octanol–water partition coefficient (Wildman–Crippen LogP) is 6.13. The molecule has 1 unspecified atom stereocenters. The predicted molar refractivity (Wildman–Crippen MR) is 144 cm³/mol. The third kappa shape index (κ3) is 7.08. The number of nitrogens with zero attached hydrogens (tertiary/aromatic N) is 3. The van der Waals surface area contributed by atoms with Crippen molar-refractivity contribution in [1.29, 1.82) is 0 Å². The van der Waals surface area contributed by atoms with Gasteiger partial charge in [0, 0.05) is 24.7 Å². The Labute approximate surface area is 235 Å². The van der Waals surface area contributed by atoms with Crippen molar-refractivity contribution in [3.05, 3.63) is 42.1 Å². The highest BCUT2D eigenvalue weighted by Crippen LogP contribution is 2.51. The molecule has 2 aromatic rings. The van der Waals surface area contributed by atoms with Gasteiger partial charge in [0.15, 0.2) is 11.6 Å². The fourth-order valence-electron chi connectivity index (χ4n) is 5.37. The number of rotatable bonds is 6. The summed E-state index contributed by atoms with van der Waals surface area (Å²) in [5.74, 6) is -4.44. The van der Waals surface area contributed by atoms with Gasteiger partial charge in [-0.25, -0.2) is 18.4 Å². The number of nitrogens with one attached hydrogen (secondary N) is 1. The number of aromatic nitrogens is 1. The van der Waals surface area contributed by atoms with Crippen LogP contribution >= 0.6 is 0 Å². The van der Waals surface area contributed by atoms with E-state index in [0.717, 1.165) is 37.8 Å². The first kappa shape index (κ1) is 30.5. The lowest BCUT2D eigenvalue weighted by Crippen LogP contribution is -2.40. The van der Waals surface area contributed by atoms with Gasteiger partial charge in [0.2, 0.25) is 11.7 Å². The van der Waals surface area contributed by atoms with Gasteiger partial charge in [0.05, 0.1) is 5.69 Å². The summed E-state index contributed by atoms with van der Waals surface area (Å²) in [6.07, 6.45) is 5.21. The highest BCUT2D eigenvalue weighted by Gasteiger charge is 2.49. The molecule has 2 fully saturated rings. The summed E-state index contributed by atoms with van der Waals surface area (Å²) in [5.41, 5.74) is -1.13. The van der Waals surface area contributed by atoms with Gasteiger partial charge < -0.3 is 19.7 Å². The van der Waals surface area contributed by atoms with E-state index in [0.29, 0.717) is 6.42 Å². The highest BCUT2D eigenvalue weighted by atomic mass is 32.2.